The van der Waals surface area contributed by atoms with E-state index in [1.54, 1.807) is 12.3 Å². The number of aromatic amines is 1. The fraction of sp³-hybridized carbons (Fsp3) is 0.344. The number of anilines is 1. The third-order valence-corrected chi connectivity index (χ3v) is 7.69. The van der Waals surface area contributed by atoms with Gasteiger partial charge in [-0.1, -0.05) is 19.9 Å². The summed E-state index contributed by atoms with van der Waals surface area (Å²) >= 11 is 0. The maximum Gasteiger partial charge on any atom is 0.252 e. The van der Waals surface area contributed by atoms with Gasteiger partial charge >= 0.3 is 0 Å². The van der Waals surface area contributed by atoms with Gasteiger partial charge in [-0.2, -0.15) is 0 Å². The topological polar surface area (TPSA) is 108 Å². The Hall–Kier alpha value is -4.44. The molecule has 2 amide bonds. The largest absolute Gasteiger partial charge is 0.455 e. The number of nitrogens with one attached hydrogen (secondary N) is 1. The number of amides is 2. The number of nitrogens with zero attached hydrogens (tertiary/aromatic N) is 4. The standard InChI is InChI=1S/C19H21N5O2.C13H16FNO/c1-23-6-8-24(9-7-23)14-2-3-16(18(20)25)17(11-14)26-15-10-13-4-5-21-19(13)22-12-15;1-9(2)13(16)15-6-5-10-3-4-12(14)7-11(10)8-15/h2-5,10-12H,6-9H2,1H3,(H2,20,25)(H,21,22);3-4,7,9H,5-6,8H2,1-2H3. The summed E-state index contributed by atoms with van der Waals surface area (Å²) in [6.45, 7) is 8.95. The second kappa shape index (κ2) is 12.6. The predicted molar refractivity (Wildman–Crippen MR) is 161 cm³/mol. The van der Waals surface area contributed by atoms with Crippen LogP contribution in [0.15, 0.2) is 60.9 Å². The summed E-state index contributed by atoms with van der Waals surface area (Å²) in [7, 11) is 2.12. The summed E-state index contributed by atoms with van der Waals surface area (Å²) in [6.07, 6.45) is 4.28. The molecule has 0 spiro atoms. The first-order valence-corrected chi connectivity index (χ1v) is 14.2. The molecule has 1 fully saturated rings. The summed E-state index contributed by atoms with van der Waals surface area (Å²) < 4.78 is 19.1. The number of ether oxygens (including phenoxy) is 1. The zero-order chi connectivity index (χ0) is 29.8. The van der Waals surface area contributed by atoms with Crippen LogP contribution in [0.1, 0.15) is 35.3 Å². The number of primary amides is 1. The van der Waals surface area contributed by atoms with Crippen molar-refractivity contribution < 1.29 is 18.7 Å². The van der Waals surface area contributed by atoms with Crippen molar-refractivity contribution >= 4 is 28.5 Å². The summed E-state index contributed by atoms with van der Waals surface area (Å²) in [5.41, 5.74) is 9.81. The zero-order valence-electron chi connectivity index (χ0n) is 24.3. The van der Waals surface area contributed by atoms with Crippen molar-refractivity contribution in [3.8, 4) is 11.5 Å². The van der Waals surface area contributed by atoms with E-state index in [9.17, 15) is 14.0 Å². The van der Waals surface area contributed by atoms with Crippen LogP contribution in [0.2, 0.25) is 0 Å². The number of H-pyrrole nitrogens is 1. The number of pyridine rings is 1. The number of benzene rings is 2. The normalized spacial score (nSPS) is 15.3. The molecule has 2 aromatic heterocycles. The number of piperazine rings is 1. The second-order valence-corrected chi connectivity index (χ2v) is 11.1. The number of carbonyl (C=O) groups is 2. The Balaban J connectivity index is 0.000000189. The maximum absolute atomic E-state index is 13.1. The number of rotatable bonds is 5. The average Bonchev–Trinajstić information content (AvgIpc) is 3.45. The molecule has 220 valence electrons. The van der Waals surface area contributed by atoms with Crippen LogP contribution in [0.5, 0.6) is 11.5 Å². The molecule has 2 aromatic carbocycles. The number of hydrogen-bond acceptors (Lipinski definition) is 6. The van der Waals surface area contributed by atoms with Crippen LogP contribution < -0.4 is 15.4 Å². The third kappa shape index (κ3) is 6.71. The molecule has 0 atom stereocenters. The second-order valence-electron chi connectivity index (χ2n) is 11.1. The van der Waals surface area contributed by atoms with Crippen LogP contribution in [-0.4, -0.2) is 71.4 Å². The van der Waals surface area contributed by atoms with Crippen LogP contribution in [0, 0.1) is 11.7 Å². The summed E-state index contributed by atoms with van der Waals surface area (Å²) in [5.74, 6) is 0.434. The van der Waals surface area contributed by atoms with E-state index in [0.29, 0.717) is 23.6 Å². The lowest BCUT2D eigenvalue weighted by Gasteiger charge is -2.34. The summed E-state index contributed by atoms with van der Waals surface area (Å²) in [5, 5.41) is 0.943. The van der Waals surface area contributed by atoms with Gasteiger partial charge in [-0.15, -0.1) is 0 Å². The molecule has 0 bridgehead atoms. The van der Waals surface area contributed by atoms with E-state index in [4.69, 9.17) is 10.5 Å². The highest BCUT2D eigenvalue weighted by molar-refractivity contribution is 5.96. The molecule has 4 heterocycles. The minimum absolute atomic E-state index is 0.00936. The molecular weight excluding hydrogens is 535 g/mol. The molecular formula is C32H37FN6O3. The number of carbonyl (C=O) groups excluding carboxylic acids is 2. The number of hydrogen-bond donors (Lipinski definition) is 2. The van der Waals surface area contributed by atoms with Gasteiger partial charge < -0.3 is 30.2 Å². The van der Waals surface area contributed by atoms with Crippen molar-refractivity contribution in [1.29, 1.82) is 0 Å². The van der Waals surface area contributed by atoms with E-state index in [2.05, 4.69) is 26.8 Å². The van der Waals surface area contributed by atoms with E-state index in [1.165, 1.54) is 12.1 Å². The predicted octanol–water partition coefficient (Wildman–Crippen LogP) is 4.57. The van der Waals surface area contributed by atoms with Crippen molar-refractivity contribution in [2.75, 3.05) is 44.7 Å². The SMILES string of the molecule is CC(C)C(=O)N1CCc2ccc(F)cc2C1.CN1CCN(c2ccc(C(N)=O)c(Oc3cnc4[nH]ccc4c3)c2)CC1. The first-order valence-electron chi connectivity index (χ1n) is 14.2. The fourth-order valence-corrected chi connectivity index (χ4v) is 5.24. The van der Waals surface area contributed by atoms with Gasteiger partial charge in [0.15, 0.2) is 0 Å². The van der Waals surface area contributed by atoms with Crippen molar-refractivity contribution in [3.05, 3.63) is 83.4 Å². The van der Waals surface area contributed by atoms with E-state index in [-0.39, 0.29) is 17.6 Å². The van der Waals surface area contributed by atoms with Gasteiger partial charge in [0.25, 0.3) is 5.91 Å². The highest BCUT2D eigenvalue weighted by atomic mass is 19.1. The van der Waals surface area contributed by atoms with Crippen molar-refractivity contribution in [2.24, 2.45) is 11.7 Å². The van der Waals surface area contributed by atoms with E-state index >= 15 is 0 Å². The number of aromatic nitrogens is 2. The van der Waals surface area contributed by atoms with Gasteiger partial charge in [-0.25, -0.2) is 9.37 Å². The van der Waals surface area contributed by atoms with Gasteiger partial charge in [0.1, 0.15) is 23.0 Å². The van der Waals surface area contributed by atoms with E-state index < -0.39 is 5.91 Å². The first kappa shape index (κ1) is 29.1. The van der Waals surface area contributed by atoms with Crippen molar-refractivity contribution in [1.82, 2.24) is 19.8 Å². The molecule has 0 unspecified atom stereocenters. The lowest BCUT2D eigenvalue weighted by Crippen LogP contribution is -2.44. The highest BCUT2D eigenvalue weighted by Crippen LogP contribution is 2.31. The van der Waals surface area contributed by atoms with E-state index in [0.717, 1.165) is 67.0 Å². The Kier molecular flexibility index (Phi) is 8.72. The molecule has 10 heteroatoms. The van der Waals surface area contributed by atoms with Gasteiger partial charge in [-0.3, -0.25) is 9.59 Å². The zero-order valence-corrected chi connectivity index (χ0v) is 24.3. The van der Waals surface area contributed by atoms with Crippen molar-refractivity contribution in [2.45, 2.75) is 26.8 Å². The van der Waals surface area contributed by atoms with Gasteiger partial charge in [-0.05, 0) is 61.0 Å². The molecule has 0 radical (unpaired) electrons. The molecule has 0 saturated carbocycles. The van der Waals surface area contributed by atoms with E-state index in [1.807, 2.05) is 55.3 Å². The quantitative estimate of drug-likeness (QED) is 0.363. The number of nitrogens with two attached hydrogens (primary N) is 1. The third-order valence-electron chi connectivity index (χ3n) is 7.69. The lowest BCUT2D eigenvalue weighted by molar-refractivity contribution is -0.135. The molecule has 42 heavy (non-hydrogen) atoms. The minimum atomic E-state index is -0.513. The van der Waals surface area contributed by atoms with Crippen LogP contribution in [0.25, 0.3) is 11.0 Å². The molecule has 6 rings (SSSR count). The average molecular weight is 573 g/mol. The molecule has 4 aromatic rings. The van der Waals surface area contributed by atoms with Crippen LogP contribution in [0.3, 0.4) is 0 Å². The molecule has 3 N–H and O–H groups in total. The van der Waals surface area contributed by atoms with Crippen molar-refractivity contribution in [3.63, 3.8) is 0 Å². The Morgan fingerprint density at radius 1 is 1.00 bits per heavy atom. The summed E-state index contributed by atoms with van der Waals surface area (Å²) in [6, 6.07) is 14.2. The number of likely N-dealkylation sites (N-methyl/N-ethyl adjacent to an activating group) is 1. The van der Waals surface area contributed by atoms with Gasteiger partial charge in [0.2, 0.25) is 5.91 Å². The molecule has 2 aliphatic rings. The maximum atomic E-state index is 13.1. The lowest BCUT2D eigenvalue weighted by atomic mass is 9.98. The molecule has 1 saturated heterocycles. The number of halogens is 1. The highest BCUT2D eigenvalue weighted by Gasteiger charge is 2.23. The monoisotopic (exact) mass is 572 g/mol. The molecule has 0 aliphatic carbocycles. The summed E-state index contributed by atoms with van der Waals surface area (Å²) in [4.78, 5) is 37.4. The first-order chi connectivity index (χ1) is 20.2. The minimum Gasteiger partial charge on any atom is -0.455 e. The smallest absolute Gasteiger partial charge is 0.252 e. The fourth-order valence-electron chi connectivity index (χ4n) is 5.24. The Morgan fingerprint density at radius 2 is 1.79 bits per heavy atom. The van der Waals surface area contributed by atoms with Crippen LogP contribution >= 0.6 is 0 Å². The molecule has 9 nitrogen and oxygen atoms in total. The van der Waals surface area contributed by atoms with Gasteiger partial charge in [0, 0.05) is 68.5 Å². The Bertz CT molecular complexity index is 1580. The van der Waals surface area contributed by atoms with Gasteiger partial charge in [0.05, 0.1) is 11.8 Å². The Morgan fingerprint density at radius 3 is 2.52 bits per heavy atom. The number of fused-ring (bicyclic) bond motifs is 2. The Labute approximate surface area is 245 Å². The van der Waals surface area contributed by atoms with Crippen LogP contribution in [-0.2, 0) is 17.8 Å². The molecule has 2 aliphatic heterocycles. The van der Waals surface area contributed by atoms with Crippen LogP contribution in [0.4, 0.5) is 10.1 Å².